The monoisotopic (exact) mass is 524 g/mol. The van der Waals surface area contributed by atoms with Crippen LogP contribution in [0.5, 0.6) is 0 Å². The molecule has 0 fully saturated rings. The molecule has 0 amide bonds. The minimum absolute atomic E-state index is 0. The van der Waals surface area contributed by atoms with E-state index in [1.54, 1.807) is 0 Å². The van der Waals surface area contributed by atoms with Gasteiger partial charge in [-0.2, -0.15) is 0 Å². The van der Waals surface area contributed by atoms with Crippen molar-refractivity contribution >= 4 is 49.0 Å². The number of hydrogen-bond donors (Lipinski definition) is 0. The molecule has 0 atom stereocenters. The quantitative estimate of drug-likeness (QED) is 0.405. The Morgan fingerprint density at radius 3 is 0.714 bits per heavy atom. The molecule has 0 unspecified atom stereocenters. The van der Waals surface area contributed by atoms with Crippen LogP contribution in [0.4, 0.5) is 0 Å². The van der Waals surface area contributed by atoms with E-state index < -0.39 is 13.1 Å². The van der Waals surface area contributed by atoms with E-state index in [0.717, 1.165) is 0 Å². The maximum absolute atomic E-state index is 2.53. The fraction of sp³-hybridized carbons (Fsp3) is 0. The molecule has 0 aliphatic rings. The first-order valence-corrected chi connectivity index (χ1v) is 26.0. The van der Waals surface area contributed by atoms with E-state index in [0.29, 0.717) is 0 Å². The van der Waals surface area contributed by atoms with Gasteiger partial charge in [-0.05, 0) is 0 Å². The molecule has 0 heterocycles. The van der Waals surface area contributed by atoms with Crippen LogP contribution in [0, 0.1) is 0 Å². The Morgan fingerprint density at radius 1 is 0.714 bits per heavy atom. The van der Waals surface area contributed by atoms with Gasteiger partial charge in [0.15, 0.2) is 0 Å². The van der Waals surface area contributed by atoms with Crippen molar-refractivity contribution in [3.63, 3.8) is 0 Å². The normalized spacial score (nSPS) is 3.86. The van der Waals surface area contributed by atoms with Crippen molar-refractivity contribution in [2.75, 3.05) is 0 Å². The molecular formula is H6I3O3Y. The Balaban J connectivity index is -0.0000000150. The minimum atomic E-state index is -0.727. The number of rotatable bonds is 0. The van der Waals surface area contributed by atoms with Gasteiger partial charge in [-0.3, -0.25) is 0 Å². The molecule has 7 heavy (non-hydrogen) atoms. The first-order chi connectivity index (χ1) is 1.73. The van der Waals surface area contributed by atoms with Gasteiger partial charge < -0.3 is 16.4 Å². The molecule has 48 valence electrons. The van der Waals surface area contributed by atoms with Crippen molar-refractivity contribution in [1.29, 1.82) is 0 Å². The first-order valence-electron chi connectivity index (χ1n) is 0.655. The summed E-state index contributed by atoms with van der Waals surface area (Å²) < 4.78 is 0. The fourth-order valence-electron chi connectivity index (χ4n) is 0. The molecule has 0 spiro atoms. The van der Waals surface area contributed by atoms with Gasteiger partial charge in [0.05, 0.1) is 0 Å². The van der Waals surface area contributed by atoms with Crippen molar-refractivity contribution in [3.8, 4) is 0 Å². The van der Waals surface area contributed by atoms with Gasteiger partial charge in [0, 0.05) is 0 Å². The second kappa shape index (κ2) is 16.1. The van der Waals surface area contributed by atoms with Gasteiger partial charge in [-0.15, -0.1) is 0 Å². The topological polar surface area (TPSA) is 94.5 Å². The van der Waals surface area contributed by atoms with E-state index in [2.05, 4.69) is 49.0 Å². The molecular weight excluding hydrogens is 518 g/mol. The van der Waals surface area contributed by atoms with Crippen LogP contribution in [0.15, 0.2) is 0 Å². The molecule has 0 aromatic heterocycles. The van der Waals surface area contributed by atoms with Crippen molar-refractivity contribution < 1.29 is 29.5 Å². The van der Waals surface area contributed by atoms with Gasteiger partial charge in [0.1, 0.15) is 0 Å². The third kappa shape index (κ3) is 46.9. The molecule has 0 aromatic carbocycles. The molecule has 0 saturated carbocycles. The van der Waals surface area contributed by atoms with Crippen LogP contribution in [0.1, 0.15) is 0 Å². The van der Waals surface area contributed by atoms with E-state index in [4.69, 9.17) is 0 Å². The molecule has 0 saturated heterocycles. The number of halogens is 3. The second-order valence-corrected chi connectivity index (χ2v) is 65.9. The summed E-state index contributed by atoms with van der Waals surface area (Å²) in [6.07, 6.45) is 0. The van der Waals surface area contributed by atoms with Crippen molar-refractivity contribution in [1.82, 2.24) is 0 Å². The summed E-state index contributed by atoms with van der Waals surface area (Å²) >= 11 is 6.85. The zero-order valence-electron chi connectivity index (χ0n) is 3.21. The van der Waals surface area contributed by atoms with Crippen LogP contribution >= 0.6 is 49.0 Å². The van der Waals surface area contributed by atoms with Gasteiger partial charge in [-0.1, -0.05) is 0 Å². The molecule has 0 bridgehead atoms. The summed E-state index contributed by atoms with van der Waals surface area (Å²) in [4.78, 5) is 0. The van der Waals surface area contributed by atoms with Gasteiger partial charge in [-0.25, -0.2) is 0 Å². The summed E-state index contributed by atoms with van der Waals surface area (Å²) in [5.41, 5.74) is 0. The molecule has 0 aliphatic heterocycles. The Hall–Kier alpha value is 3.17. The summed E-state index contributed by atoms with van der Waals surface area (Å²) in [5, 5.41) is 0. The summed E-state index contributed by atoms with van der Waals surface area (Å²) in [6.45, 7) is 0. The van der Waals surface area contributed by atoms with Crippen LogP contribution < -0.4 is 0 Å². The number of hydrogen-bond acceptors (Lipinski definition) is 0. The Morgan fingerprint density at radius 2 is 0.714 bits per heavy atom. The summed E-state index contributed by atoms with van der Waals surface area (Å²) in [6, 6.07) is 0. The zero-order valence-corrected chi connectivity index (χ0v) is 12.5. The maximum atomic E-state index is 2.53. The summed E-state index contributed by atoms with van der Waals surface area (Å²) in [5.74, 6) is 0. The van der Waals surface area contributed by atoms with Gasteiger partial charge in [0.25, 0.3) is 0 Å². The molecule has 0 rings (SSSR count). The van der Waals surface area contributed by atoms with Gasteiger partial charge >= 0.3 is 62.1 Å². The Kier molecular flexibility index (Phi) is 51.6. The molecule has 0 radical (unpaired) electrons. The SMILES string of the molecule is O.O.O.[I][Y]([I])[I]. The van der Waals surface area contributed by atoms with Crippen LogP contribution in [0.3, 0.4) is 0 Å². The average Bonchev–Trinajstić information content (AvgIpc) is 0.811. The van der Waals surface area contributed by atoms with Crippen molar-refractivity contribution in [2.45, 2.75) is 0 Å². The van der Waals surface area contributed by atoms with E-state index in [-0.39, 0.29) is 16.4 Å². The van der Waals surface area contributed by atoms with Crippen LogP contribution in [0.25, 0.3) is 0 Å². The van der Waals surface area contributed by atoms with Crippen LogP contribution in [-0.4, -0.2) is 16.4 Å². The summed E-state index contributed by atoms with van der Waals surface area (Å²) in [7, 11) is 0. The Labute approximate surface area is 76.1 Å². The molecule has 7 heteroatoms. The fourth-order valence-corrected chi connectivity index (χ4v) is 0. The first kappa shape index (κ1) is 22.5. The third-order valence-corrected chi connectivity index (χ3v) is 0. The molecule has 6 N–H and O–H groups in total. The van der Waals surface area contributed by atoms with Crippen LogP contribution in [0.2, 0.25) is 0 Å². The second-order valence-electron chi connectivity index (χ2n) is 0.247. The molecule has 0 aliphatic carbocycles. The average molecular weight is 524 g/mol. The standard InChI is InChI=1S/3HI.3H2O.Y/h3*1H;3*1H2;/q;;;;;;+3/p-3. The third-order valence-electron chi connectivity index (χ3n) is 0. The molecule has 0 aromatic rings. The predicted molar refractivity (Wildman–Crippen MR) is 52.9 cm³/mol. The zero-order chi connectivity index (χ0) is 3.58. The Bertz CT molecular complexity index is 14.9. The van der Waals surface area contributed by atoms with Crippen LogP contribution in [-0.2, 0) is 13.1 Å². The van der Waals surface area contributed by atoms with Crippen molar-refractivity contribution in [2.24, 2.45) is 0 Å². The van der Waals surface area contributed by atoms with E-state index in [1.165, 1.54) is 0 Å². The predicted octanol–water partition coefficient (Wildman–Crippen LogP) is 0.180. The van der Waals surface area contributed by atoms with E-state index in [9.17, 15) is 0 Å². The van der Waals surface area contributed by atoms with Crippen molar-refractivity contribution in [3.05, 3.63) is 0 Å². The molecule has 3 nitrogen and oxygen atoms in total. The van der Waals surface area contributed by atoms with E-state index in [1.807, 2.05) is 0 Å². The van der Waals surface area contributed by atoms with Gasteiger partial charge in [0.2, 0.25) is 0 Å². The van der Waals surface area contributed by atoms with E-state index >= 15 is 0 Å².